The Morgan fingerprint density at radius 1 is 1.15 bits per heavy atom. The van der Waals surface area contributed by atoms with Gasteiger partial charge in [0.25, 0.3) is 0 Å². The summed E-state index contributed by atoms with van der Waals surface area (Å²) in [6.07, 6.45) is 9.88. The lowest BCUT2D eigenvalue weighted by Gasteiger charge is -2.37. The van der Waals surface area contributed by atoms with E-state index >= 15 is 0 Å². The molecule has 8 heteroatoms. The van der Waals surface area contributed by atoms with Gasteiger partial charge in [0, 0.05) is 24.8 Å². The van der Waals surface area contributed by atoms with Gasteiger partial charge >= 0.3 is 0 Å². The maximum absolute atomic E-state index is 5.75. The van der Waals surface area contributed by atoms with E-state index in [9.17, 15) is 0 Å². The normalized spacial score (nSPS) is 22.5. The van der Waals surface area contributed by atoms with Crippen LogP contribution in [0.25, 0.3) is 10.2 Å². The van der Waals surface area contributed by atoms with Crippen LogP contribution in [0.1, 0.15) is 32.1 Å². The van der Waals surface area contributed by atoms with Crippen LogP contribution < -0.4 is 16.0 Å². The van der Waals surface area contributed by atoms with Gasteiger partial charge in [0.05, 0.1) is 10.2 Å². The molecule has 0 spiro atoms. The van der Waals surface area contributed by atoms with Crippen LogP contribution in [0.15, 0.2) is 24.7 Å². The highest BCUT2D eigenvalue weighted by atomic mass is 32.1. The molecule has 0 aromatic carbocycles. The highest BCUT2D eigenvalue weighted by Gasteiger charge is 2.36. The smallest absolute Gasteiger partial charge is 0.186 e. The number of piperidine rings is 1. The summed E-state index contributed by atoms with van der Waals surface area (Å²) in [6, 6.07) is 4.34. The molecule has 0 unspecified atom stereocenters. The summed E-state index contributed by atoms with van der Waals surface area (Å²) >= 11 is 1.72. The quantitative estimate of drug-likeness (QED) is 0.731. The van der Waals surface area contributed by atoms with Crippen molar-refractivity contribution in [1.82, 2.24) is 19.9 Å². The number of anilines is 4. The van der Waals surface area contributed by atoms with E-state index in [4.69, 9.17) is 10.7 Å². The highest BCUT2D eigenvalue weighted by Crippen LogP contribution is 2.42. The van der Waals surface area contributed by atoms with Gasteiger partial charge in [0.2, 0.25) is 0 Å². The Kier molecular flexibility index (Phi) is 3.85. The molecule has 26 heavy (non-hydrogen) atoms. The Hall–Kier alpha value is -2.48. The number of aromatic nitrogens is 4. The first-order chi connectivity index (χ1) is 12.8. The van der Waals surface area contributed by atoms with E-state index in [1.165, 1.54) is 38.4 Å². The number of fused-ring (bicyclic) bond motifs is 2. The second-order valence-corrected chi connectivity index (χ2v) is 8.03. The molecule has 7 nitrogen and oxygen atoms in total. The van der Waals surface area contributed by atoms with Crippen LogP contribution >= 0.6 is 11.3 Å². The molecule has 0 radical (unpaired) electrons. The van der Waals surface area contributed by atoms with Crippen LogP contribution in [0.4, 0.5) is 22.6 Å². The third-order valence-electron chi connectivity index (χ3n) is 5.47. The van der Waals surface area contributed by atoms with Crippen LogP contribution in [-0.4, -0.2) is 32.5 Å². The Labute approximate surface area is 155 Å². The maximum Gasteiger partial charge on any atom is 0.186 e. The summed E-state index contributed by atoms with van der Waals surface area (Å²) < 4.78 is 1.06. The van der Waals surface area contributed by atoms with Gasteiger partial charge in [-0.05, 0) is 37.7 Å². The van der Waals surface area contributed by atoms with Crippen molar-refractivity contribution in [2.75, 3.05) is 22.5 Å². The molecular weight excluding hydrogens is 346 g/mol. The van der Waals surface area contributed by atoms with Gasteiger partial charge < -0.3 is 16.0 Å². The largest absolute Gasteiger partial charge is 0.384 e. The van der Waals surface area contributed by atoms with Crippen LogP contribution in [0.2, 0.25) is 0 Å². The molecule has 2 atom stereocenters. The number of rotatable bonds is 3. The van der Waals surface area contributed by atoms with Gasteiger partial charge in [-0.25, -0.2) is 19.9 Å². The van der Waals surface area contributed by atoms with E-state index in [0.29, 0.717) is 17.7 Å². The van der Waals surface area contributed by atoms with Crippen LogP contribution in [-0.2, 0) is 0 Å². The van der Waals surface area contributed by atoms with Gasteiger partial charge in [0.1, 0.15) is 18.0 Å². The molecule has 4 heterocycles. The summed E-state index contributed by atoms with van der Waals surface area (Å²) in [6.45, 7) is 1.11. The standard InChI is InChI=1S/C18H21N7S/c19-14-9-15(22-10-21-14)24-17-16-12(6-7-20-17)23-18(26-16)25-8-2-4-11-3-1-5-13(11)25/h6-7,9-11,13H,1-5,8H2,(H3,19,20,21,22,24)/t11-,13+/m1/s1. The van der Waals surface area contributed by atoms with Crippen molar-refractivity contribution in [3.63, 3.8) is 0 Å². The van der Waals surface area contributed by atoms with E-state index in [0.717, 1.165) is 33.6 Å². The van der Waals surface area contributed by atoms with E-state index in [-0.39, 0.29) is 0 Å². The second kappa shape index (κ2) is 6.35. The van der Waals surface area contributed by atoms with Crippen molar-refractivity contribution >= 4 is 44.1 Å². The Morgan fingerprint density at radius 2 is 2.08 bits per heavy atom. The van der Waals surface area contributed by atoms with Crippen LogP contribution in [0.3, 0.4) is 0 Å². The molecule has 1 saturated heterocycles. The highest BCUT2D eigenvalue weighted by molar-refractivity contribution is 7.22. The minimum atomic E-state index is 0.431. The van der Waals surface area contributed by atoms with E-state index in [2.05, 4.69) is 25.2 Å². The molecule has 134 valence electrons. The number of nitrogen functional groups attached to an aromatic ring is 1. The summed E-state index contributed by atoms with van der Waals surface area (Å²) in [7, 11) is 0. The summed E-state index contributed by atoms with van der Waals surface area (Å²) in [5.74, 6) is 2.68. The molecule has 3 N–H and O–H groups in total. The van der Waals surface area contributed by atoms with Crippen LogP contribution in [0, 0.1) is 5.92 Å². The molecule has 1 saturated carbocycles. The molecule has 1 aliphatic heterocycles. The van der Waals surface area contributed by atoms with E-state index < -0.39 is 0 Å². The van der Waals surface area contributed by atoms with E-state index in [1.54, 1.807) is 23.6 Å². The van der Waals surface area contributed by atoms with Gasteiger partial charge in [-0.1, -0.05) is 17.8 Å². The molecular formula is C18H21N7S. The fourth-order valence-electron chi connectivity index (χ4n) is 4.31. The van der Waals surface area contributed by atoms with Crippen molar-refractivity contribution < 1.29 is 0 Å². The average Bonchev–Trinajstić information content (AvgIpc) is 3.29. The van der Waals surface area contributed by atoms with Gasteiger partial charge in [0.15, 0.2) is 10.9 Å². The molecule has 3 aromatic rings. The Morgan fingerprint density at radius 3 is 3.00 bits per heavy atom. The van der Waals surface area contributed by atoms with Crippen molar-refractivity contribution in [2.24, 2.45) is 5.92 Å². The number of nitrogens with one attached hydrogen (secondary N) is 1. The molecule has 0 bridgehead atoms. The topological polar surface area (TPSA) is 92.8 Å². The zero-order valence-corrected chi connectivity index (χ0v) is 15.2. The lowest BCUT2D eigenvalue weighted by molar-refractivity contribution is 0.362. The minimum Gasteiger partial charge on any atom is -0.384 e. The van der Waals surface area contributed by atoms with Crippen molar-refractivity contribution in [2.45, 2.75) is 38.1 Å². The van der Waals surface area contributed by atoms with Gasteiger partial charge in [-0.3, -0.25) is 0 Å². The fraction of sp³-hybridized carbons (Fsp3) is 0.444. The predicted molar refractivity (Wildman–Crippen MR) is 105 cm³/mol. The monoisotopic (exact) mass is 367 g/mol. The molecule has 5 rings (SSSR count). The SMILES string of the molecule is Nc1cc(Nc2nccc3nc(N4CCC[C@H]5CCC[C@@H]54)sc23)ncn1. The number of pyridine rings is 1. The summed E-state index contributed by atoms with van der Waals surface area (Å²) in [4.78, 5) is 20.1. The number of hydrogen-bond donors (Lipinski definition) is 2. The maximum atomic E-state index is 5.75. The third-order valence-corrected chi connectivity index (χ3v) is 6.58. The molecule has 3 aromatic heterocycles. The first kappa shape index (κ1) is 15.7. The minimum absolute atomic E-state index is 0.431. The van der Waals surface area contributed by atoms with Crippen molar-refractivity contribution in [3.05, 3.63) is 24.7 Å². The number of hydrogen-bond acceptors (Lipinski definition) is 8. The second-order valence-electron chi connectivity index (χ2n) is 7.05. The number of nitrogens with two attached hydrogens (primary N) is 1. The first-order valence-electron chi connectivity index (χ1n) is 9.15. The predicted octanol–water partition coefficient (Wildman–Crippen LogP) is 3.58. The van der Waals surface area contributed by atoms with Crippen molar-refractivity contribution in [3.8, 4) is 0 Å². The zero-order chi connectivity index (χ0) is 17.5. The lowest BCUT2D eigenvalue weighted by atomic mass is 9.92. The number of thiazole rings is 1. The van der Waals surface area contributed by atoms with Crippen LogP contribution in [0.5, 0.6) is 0 Å². The first-order valence-corrected chi connectivity index (χ1v) is 9.96. The fourth-order valence-corrected chi connectivity index (χ4v) is 5.40. The Bertz CT molecular complexity index is 940. The summed E-state index contributed by atoms with van der Waals surface area (Å²) in [5, 5.41) is 4.38. The molecule has 0 amide bonds. The zero-order valence-electron chi connectivity index (χ0n) is 14.4. The molecule has 1 aliphatic carbocycles. The third kappa shape index (κ3) is 2.74. The van der Waals surface area contributed by atoms with E-state index in [1.807, 2.05) is 6.07 Å². The van der Waals surface area contributed by atoms with Gasteiger partial charge in [-0.2, -0.15) is 0 Å². The summed E-state index contributed by atoms with van der Waals surface area (Å²) in [5.41, 5.74) is 6.72. The average molecular weight is 367 g/mol. The van der Waals surface area contributed by atoms with Gasteiger partial charge in [-0.15, -0.1) is 0 Å². The lowest BCUT2D eigenvalue weighted by Crippen LogP contribution is -2.42. The number of nitrogens with zero attached hydrogens (tertiary/aromatic N) is 5. The van der Waals surface area contributed by atoms with Crippen molar-refractivity contribution in [1.29, 1.82) is 0 Å². The molecule has 2 aliphatic rings. The Balaban J connectivity index is 1.49. The molecule has 2 fully saturated rings.